The first kappa shape index (κ1) is 21.4. The highest BCUT2D eigenvalue weighted by atomic mass is 35.5. The van der Waals surface area contributed by atoms with Gasteiger partial charge in [-0.15, -0.1) is 0 Å². The minimum atomic E-state index is -0.152. The van der Waals surface area contributed by atoms with Gasteiger partial charge in [0.15, 0.2) is 0 Å². The van der Waals surface area contributed by atoms with Crippen LogP contribution in [0.2, 0.25) is 5.02 Å². The van der Waals surface area contributed by atoms with E-state index in [0.717, 1.165) is 36.3 Å². The Labute approximate surface area is 198 Å². The molecule has 1 saturated heterocycles. The van der Waals surface area contributed by atoms with Gasteiger partial charge in [-0.1, -0.05) is 54.1 Å². The molecular formula is C27H24ClN3O2. The maximum Gasteiger partial charge on any atom is 0.256 e. The van der Waals surface area contributed by atoms with Crippen LogP contribution in [0.15, 0.2) is 83.5 Å². The maximum absolute atomic E-state index is 13.2. The molecule has 5 rings (SSSR count). The lowest BCUT2D eigenvalue weighted by Crippen LogP contribution is -2.30. The van der Waals surface area contributed by atoms with Gasteiger partial charge in [-0.2, -0.15) is 0 Å². The summed E-state index contributed by atoms with van der Waals surface area (Å²) in [7, 11) is 0. The molecule has 0 N–H and O–H groups in total. The van der Waals surface area contributed by atoms with Gasteiger partial charge < -0.3 is 9.32 Å². The van der Waals surface area contributed by atoms with Crippen molar-refractivity contribution in [1.82, 2.24) is 14.9 Å². The Balaban J connectivity index is 1.27. The fourth-order valence-electron chi connectivity index (χ4n) is 4.25. The smallest absolute Gasteiger partial charge is 0.256 e. The van der Waals surface area contributed by atoms with E-state index in [4.69, 9.17) is 16.0 Å². The molecule has 4 aromatic rings. The van der Waals surface area contributed by atoms with Gasteiger partial charge in [0.1, 0.15) is 11.8 Å². The third-order valence-corrected chi connectivity index (χ3v) is 6.21. The molecule has 0 spiro atoms. The van der Waals surface area contributed by atoms with Crippen molar-refractivity contribution >= 4 is 17.5 Å². The number of halogens is 1. The molecule has 1 aliphatic heterocycles. The molecular weight excluding hydrogens is 434 g/mol. The zero-order valence-corrected chi connectivity index (χ0v) is 18.9. The van der Waals surface area contributed by atoms with E-state index in [-0.39, 0.29) is 11.9 Å². The molecule has 166 valence electrons. The van der Waals surface area contributed by atoms with E-state index >= 15 is 0 Å². The quantitative estimate of drug-likeness (QED) is 0.362. The van der Waals surface area contributed by atoms with Gasteiger partial charge in [-0.25, -0.2) is 4.98 Å². The van der Waals surface area contributed by atoms with Crippen molar-refractivity contribution in [2.24, 2.45) is 0 Å². The third-order valence-electron chi connectivity index (χ3n) is 5.96. The number of nitrogens with zero attached hydrogens (tertiary/aromatic N) is 3. The first-order chi connectivity index (χ1) is 16.2. The monoisotopic (exact) mass is 457 g/mol. The predicted molar refractivity (Wildman–Crippen MR) is 127 cm³/mol. The summed E-state index contributed by atoms with van der Waals surface area (Å²) in [4.78, 5) is 24.1. The van der Waals surface area contributed by atoms with Crippen molar-refractivity contribution in [2.45, 2.75) is 31.7 Å². The van der Waals surface area contributed by atoms with Gasteiger partial charge >= 0.3 is 0 Å². The summed E-state index contributed by atoms with van der Waals surface area (Å²) in [5.41, 5.74) is 3.83. The Morgan fingerprint density at radius 3 is 2.48 bits per heavy atom. The summed E-state index contributed by atoms with van der Waals surface area (Å²) in [6.07, 6.45) is 6.57. The van der Waals surface area contributed by atoms with E-state index in [9.17, 15) is 4.79 Å². The van der Waals surface area contributed by atoms with Crippen LogP contribution in [-0.2, 0) is 12.8 Å². The molecule has 0 saturated carbocycles. The second-order valence-electron chi connectivity index (χ2n) is 8.33. The average Bonchev–Trinajstić information content (AvgIpc) is 3.51. The Kier molecular flexibility index (Phi) is 6.22. The van der Waals surface area contributed by atoms with Gasteiger partial charge in [0, 0.05) is 36.3 Å². The average molecular weight is 458 g/mol. The molecule has 0 bridgehead atoms. The lowest BCUT2D eigenvalue weighted by atomic mass is 10.1. The number of hydrogen-bond acceptors (Lipinski definition) is 4. The van der Waals surface area contributed by atoms with E-state index in [1.54, 1.807) is 12.4 Å². The van der Waals surface area contributed by atoms with Crippen LogP contribution in [0.25, 0.3) is 0 Å². The van der Waals surface area contributed by atoms with E-state index in [2.05, 4.69) is 22.1 Å². The molecule has 6 heteroatoms. The number of amides is 1. The molecule has 1 atom stereocenters. The standard InChI is InChI=1S/C27H24ClN3O2/c28-22-11-8-20(9-12-22)16-24-18-30-26(33-24)25-7-4-14-31(25)27(32)21-10-13-23(29-17-21)15-19-5-2-1-3-6-19/h1-3,5-6,8-13,17-18,25H,4,7,14-16H2/t25-/m0/s1. The summed E-state index contributed by atoms with van der Waals surface area (Å²) in [5, 5.41) is 0.708. The zero-order valence-electron chi connectivity index (χ0n) is 18.2. The van der Waals surface area contributed by atoms with E-state index in [1.165, 1.54) is 5.56 Å². The van der Waals surface area contributed by atoms with Crippen molar-refractivity contribution in [3.8, 4) is 0 Å². The van der Waals surface area contributed by atoms with Gasteiger partial charge in [-0.05, 0) is 48.2 Å². The minimum absolute atomic E-state index is 0.0336. The Morgan fingerprint density at radius 1 is 0.939 bits per heavy atom. The van der Waals surface area contributed by atoms with E-state index in [0.29, 0.717) is 29.4 Å². The van der Waals surface area contributed by atoms with Crippen molar-refractivity contribution in [2.75, 3.05) is 6.54 Å². The molecule has 1 fully saturated rings. The van der Waals surface area contributed by atoms with Crippen LogP contribution in [0.3, 0.4) is 0 Å². The summed E-state index contributed by atoms with van der Waals surface area (Å²) in [6.45, 7) is 0.685. The molecule has 0 unspecified atom stereocenters. The molecule has 2 aromatic carbocycles. The lowest BCUT2D eigenvalue weighted by Gasteiger charge is -2.22. The van der Waals surface area contributed by atoms with E-state index < -0.39 is 0 Å². The van der Waals surface area contributed by atoms with Crippen molar-refractivity contribution in [3.63, 3.8) is 0 Å². The Morgan fingerprint density at radius 2 is 1.73 bits per heavy atom. The van der Waals surface area contributed by atoms with Gasteiger partial charge in [-0.3, -0.25) is 9.78 Å². The number of likely N-dealkylation sites (tertiary alicyclic amines) is 1. The lowest BCUT2D eigenvalue weighted by molar-refractivity contribution is 0.0714. The zero-order chi connectivity index (χ0) is 22.6. The predicted octanol–water partition coefficient (Wildman–Crippen LogP) is 5.88. The number of carbonyl (C=O) groups excluding carboxylic acids is 1. The van der Waals surface area contributed by atoms with Crippen molar-refractivity contribution < 1.29 is 9.21 Å². The summed E-state index contributed by atoms with van der Waals surface area (Å²) >= 11 is 5.97. The fraction of sp³-hybridized carbons (Fsp3) is 0.222. The van der Waals surface area contributed by atoms with Gasteiger partial charge in [0.2, 0.25) is 5.89 Å². The number of rotatable bonds is 6. The van der Waals surface area contributed by atoms with Crippen molar-refractivity contribution in [1.29, 1.82) is 0 Å². The summed E-state index contributed by atoms with van der Waals surface area (Å²) in [6, 6.07) is 21.5. The number of hydrogen-bond donors (Lipinski definition) is 0. The molecule has 1 aliphatic rings. The van der Waals surface area contributed by atoms with Crippen molar-refractivity contribution in [3.05, 3.63) is 118 Å². The molecule has 3 heterocycles. The summed E-state index contributed by atoms with van der Waals surface area (Å²) in [5.74, 6) is 1.34. The van der Waals surface area contributed by atoms with Gasteiger partial charge in [0.05, 0.1) is 11.8 Å². The number of benzene rings is 2. The normalized spacial score (nSPS) is 15.7. The highest BCUT2D eigenvalue weighted by molar-refractivity contribution is 6.30. The molecule has 0 radical (unpaired) electrons. The SMILES string of the molecule is O=C(c1ccc(Cc2ccccc2)nc1)N1CCC[C@H]1c1ncc(Cc2ccc(Cl)cc2)o1. The van der Waals surface area contributed by atoms with E-state index in [1.807, 2.05) is 59.5 Å². The molecule has 33 heavy (non-hydrogen) atoms. The van der Waals surface area contributed by atoms with Crippen LogP contribution in [0.4, 0.5) is 0 Å². The largest absolute Gasteiger partial charge is 0.443 e. The molecule has 1 amide bonds. The molecule has 5 nitrogen and oxygen atoms in total. The second-order valence-corrected chi connectivity index (χ2v) is 8.76. The van der Waals surface area contributed by atoms with Crippen LogP contribution in [-0.4, -0.2) is 27.3 Å². The number of aromatic nitrogens is 2. The number of pyridine rings is 1. The fourth-order valence-corrected chi connectivity index (χ4v) is 4.38. The molecule has 0 aliphatic carbocycles. The van der Waals surface area contributed by atoms with Gasteiger partial charge in [0.25, 0.3) is 5.91 Å². The number of carbonyl (C=O) groups is 1. The topological polar surface area (TPSA) is 59.2 Å². The minimum Gasteiger partial charge on any atom is -0.443 e. The van der Waals surface area contributed by atoms with Crippen LogP contribution < -0.4 is 0 Å². The van der Waals surface area contributed by atoms with Crippen LogP contribution >= 0.6 is 11.6 Å². The first-order valence-corrected chi connectivity index (χ1v) is 11.5. The highest BCUT2D eigenvalue weighted by Crippen LogP contribution is 2.33. The van der Waals surface area contributed by atoms with Crippen LogP contribution in [0, 0.1) is 0 Å². The third kappa shape index (κ3) is 4.99. The molecule has 2 aromatic heterocycles. The maximum atomic E-state index is 13.2. The Hall–Kier alpha value is -3.44. The second kappa shape index (κ2) is 9.59. The van der Waals surface area contributed by atoms with Crippen LogP contribution in [0.1, 0.15) is 57.7 Å². The number of oxazole rings is 1. The first-order valence-electron chi connectivity index (χ1n) is 11.1. The summed E-state index contributed by atoms with van der Waals surface area (Å²) < 4.78 is 6.05. The Bertz CT molecular complexity index is 1220. The highest BCUT2D eigenvalue weighted by Gasteiger charge is 2.34. The van der Waals surface area contributed by atoms with Crippen LogP contribution in [0.5, 0.6) is 0 Å².